The summed E-state index contributed by atoms with van der Waals surface area (Å²) < 4.78 is 8.89. The van der Waals surface area contributed by atoms with Gasteiger partial charge in [0.05, 0.1) is 12.0 Å². The molecule has 1 aromatic carbocycles. The van der Waals surface area contributed by atoms with Gasteiger partial charge in [-0.1, -0.05) is 23.9 Å². The van der Waals surface area contributed by atoms with Crippen molar-refractivity contribution in [2.75, 3.05) is 11.1 Å². The van der Waals surface area contributed by atoms with Crippen LogP contribution in [0, 0.1) is 0 Å². The fourth-order valence-corrected chi connectivity index (χ4v) is 3.61. The second-order valence-corrected chi connectivity index (χ2v) is 7.01. The van der Waals surface area contributed by atoms with Gasteiger partial charge in [0.2, 0.25) is 5.91 Å². The summed E-state index contributed by atoms with van der Waals surface area (Å²) in [6, 6.07) is 11.0. The second-order valence-electron chi connectivity index (χ2n) is 6.07. The lowest BCUT2D eigenvalue weighted by Crippen LogP contribution is -2.14. The molecule has 0 aliphatic rings. The van der Waals surface area contributed by atoms with Crippen molar-refractivity contribution in [2.45, 2.75) is 18.6 Å². The van der Waals surface area contributed by atoms with Gasteiger partial charge in [0.15, 0.2) is 22.6 Å². The molecule has 4 aromatic rings. The monoisotopic (exact) mass is 410 g/mol. The molecular weight excluding hydrogens is 392 g/mol. The number of thioether (sulfide) groups is 1. The van der Waals surface area contributed by atoms with Gasteiger partial charge in [0.1, 0.15) is 0 Å². The molecule has 29 heavy (non-hydrogen) atoms. The molecule has 0 saturated carbocycles. The van der Waals surface area contributed by atoms with E-state index in [4.69, 9.17) is 4.42 Å². The van der Waals surface area contributed by atoms with E-state index in [1.165, 1.54) is 11.8 Å². The Hall–Kier alpha value is -3.47. The van der Waals surface area contributed by atoms with Crippen molar-refractivity contribution < 1.29 is 9.21 Å². The van der Waals surface area contributed by atoms with Gasteiger partial charge in [-0.3, -0.25) is 9.36 Å². The Kier molecular flexibility index (Phi) is 5.38. The summed E-state index contributed by atoms with van der Waals surface area (Å²) in [4.78, 5) is 12.4. The lowest BCUT2D eigenvalue weighted by atomic mass is 10.2. The molecule has 3 heterocycles. The minimum Gasteiger partial charge on any atom is -0.461 e. The number of benzene rings is 1. The molecule has 1 amide bonds. The molecule has 1 N–H and O–H groups in total. The quantitative estimate of drug-likeness (QED) is 0.462. The molecule has 0 atom stereocenters. The summed E-state index contributed by atoms with van der Waals surface area (Å²) in [5, 5.41) is 23.4. The predicted molar refractivity (Wildman–Crippen MR) is 107 cm³/mol. The maximum atomic E-state index is 12.4. The van der Waals surface area contributed by atoms with E-state index < -0.39 is 0 Å². The van der Waals surface area contributed by atoms with Gasteiger partial charge in [-0.05, 0) is 41.6 Å². The third-order valence-electron chi connectivity index (χ3n) is 4.13. The third-order valence-corrected chi connectivity index (χ3v) is 5.10. The van der Waals surface area contributed by atoms with Gasteiger partial charge in [0.25, 0.3) is 0 Å². The van der Waals surface area contributed by atoms with Gasteiger partial charge in [-0.25, -0.2) is 4.68 Å². The molecule has 11 heteroatoms. The average molecular weight is 410 g/mol. The van der Waals surface area contributed by atoms with Gasteiger partial charge >= 0.3 is 0 Å². The number of nitrogens with zero attached hydrogens (tertiary/aromatic N) is 7. The highest BCUT2D eigenvalue weighted by Gasteiger charge is 2.16. The molecule has 0 radical (unpaired) electrons. The van der Waals surface area contributed by atoms with Gasteiger partial charge < -0.3 is 9.73 Å². The first-order chi connectivity index (χ1) is 14.2. The first kappa shape index (κ1) is 18.9. The molecule has 0 saturated heterocycles. The lowest BCUT2D eigenvalue weighted by Gasteiger charge is -2.08. The summed E-state index contributed by atoms with van der Waals surface area (Å²) in [6.45, 7) is 2.66. The number of carbonyl (C=O) groups excluding carboxylic acids is 1. The molecule has 148 valence electrons. The van der Waals surface area contributed by atoms with E-state index in [1.54, 1.807) is 24.1 Å². The summed E-state index contributed by atoms with van der Waals surface area (Å²) in [5.41, 5.74) is 1.49. The average Bonchev–Trinajstić information content (AvgIpc) is 3.46. The number of furan rings is 1. The number of aromatic nitrogens is 7. The fourth-order valence-electron chi connectivity index (χ4n) is 2.81. The third kappa shape index (κ3) is 4.04. The van der Waals surface area contributed by atoms with Crippen molar-refractivity contribution in [1.82, 2.24) is 35.0 Å². The number of rotatable bonds is 7. The van der Waals surface area contributed by atoms with Crippen LogP contribution >= 0.6 is 11.8 Å². The Labute approximate surface area is 170 Å². The molecule has 0 unspecified atom stereocenters. The minimum atomic E-state index is -0.145. The number of tetrazole rings is 1. The van der Waals surface area contributed by atoms with E-state index >= 15 is 0 Å². The van der Waals surface area contributed by atoms with Crippen molar-refractivity contribution in [3.05, 3.63) is 42.7 Å². The second kappa shape index (κ2) is 8.27. The van der Waals surface area contributed by atoms with E-state index in [1.807, 2.05) is 41.8 Å². The van der Waals surface area contributed by atoms with E-state index in [0.29, 0.717) is 34.8 Å². The Bertz CT molecular complexity index is 1120. The van der Waals surface area contributed by atoms with Crippen LogP contribution in [-0.2, 0) is 18.4 Å². The molecule has 0 aliphatic heterocycles. The summed E-state index contributed by atoms with van der Waals surface area (Å²) in [5.74, 6) is 1.97. The Morgan fingerprint density at radius 2 is 2.07 bits per heavy atom. The Balaban J connectivity index is 1.42. The highest BCUT2D eigenvalue weighted by molar-refractivity contribution is 7.99. The van der Waals surface area contributed by atoms with Crippen LogP contribution in [0.5, 0.6) is 0 Å². The number of anilines is 1. The lowest BCUT2D eigenvalue weighted by molar-refractivity contribution is -0.113. The van der Waals surface area contributed by atoms with E-state index in [-0.39, 0.29) is 11.7 Å². The minimum absolute atomic E-state index is 0.145. The van der Waals surface area contributed by atoms with Crippen LogP contribution in [-0.4, -0.2) is 46.6 Å². The van der Waals surface area contributed by atoms with E-state index in [2.05, 4.69) is 31.0 Å². The molecule has 0 aliphatic carbocycles. The standard InChI is InChI=1S/C18H18N8O2S/c1-3-26-17(14-8-5-9-28-14)20-22-18(26)29-11-15(27)19-13-7-4-6-12(10-13)16-21-23-24-25(16)2/h4-10H,3,11H2,1-2H3,(H,19,27). The number of hydrogen-bond acceptors (Lipinski definition) is 8. The van der Waals surface area contributed by atoms with Crippen LogP contribution in [0.1, 0.15) is 6.92 Å². The fraction of sp³-hybridized carbons (Fsp3) is 0.222. The number of nitrogens with one attached hydrogen (secondary N) is 1. The normalized spacial score (nSPS) is 11.0. The molecule has 0 spiro atoms. The van der Waals surface area contributed by atoms with Crippen molar-refractivity contribution >= 4 is 23.4 Å². The first-order valence-electron chi connectivity index (χ1n) is 8.88. The van der Waals surface area contributed by atoms with Crippen LogP contribution in [0.15, 0.2) is 52.2 Å². The highest BCUT2D eigenvalue weighted by Crippen LogP contribution is 2.25. The summed E-state index contributed by atoms with van der Waals surface area (Å²) in [6.07, 6.45) is 1.59. The van der Waals surface area contributed by atoms with Crippen LogP contribution < -0.4 is 5.32 Å². The summed E-state index contributed by atoms with van der Waals surface area (Å²) in [7, 11) is 1.76. The number of amides is 1. The Morgan fingerprint density at radius 3 is 2.79 bits per heavy atom. The number of aryl methyl sites for hydroxylation is 1. The van der Waals surface area contributed by atoms with Gasteiger partial charge in [-0.15, -0.1) is 15.3 Å². The number of hydrogen-bond donors (Lipinski definition) is 1. The zero-order valence-corrected chi connectivity index (χ0v) is 16.6. The molecule has 0 fully saturated rings. The van der Waals surface area contributed by atoms with Crippen LogP contribution in [0.25, 0.3) is 23.0 Å². The maximum Gasteiger partial charge on any atom is 0.234 e. The Morgan fingerprint density at radius 1 is 1.17 bits per heavy atom. The number of carbonyl (C=O) groups is 1. The molecule has 3 aromatic heterocycles. The van der Waals surface area contributed by atoms with Gasteiger partial charge in [-0.2, -0.15) is 0 Å². The van der Waals surface area contributed by atoms with Crippen molar-refractivity contribution in [1.29, 1.82) is 0 Å². The maximum absolute atomic E-state index is 12.4. The first-order valence-corrected chi connectivity index (χ1v) is 9.86. The van der Waals surface area contributed by atoms with Crippen molar-refractivity contribution in [3.63, 3.8) is 0 Å². The smallest absolute Gasteiger partial charge is 0.234 e. The highest BCUT2D eigenvalue weighted by atomic mass is 32.2. The van der Waals surface area contributed by atoms with E-state index in [9.17, 15) is 4.79 Å². The van der Waals surface area contributed by atoms with Crippen LogP contribution in [0.4, 0.5) is 5.69 Å². The van der Waals surface area contributed by atoms with E-state index in [0.717, 1.165) is 5.56 Å². The van der Waals surface area contributed by atoms with Crippen molar-refractivity contribution in [3.8, 4) is 23.0 Å². The van der Waals surface area contributed by atoms with Crippen LogP contribution in [0.2, 0.25) is 0 Å². The van der Waals surface area contributed by atoms with Crippen LogP contribution in [0.3, 0.4) is 0 Å². The summed E-state index contributed by atoms with van der Waals surface area (Å²) >= 11 is 1.32. The topological polar surface area (TPSA) is 117 Å². The largest absolute Gasteiger partial charge is 0.461 e. The SMILES string of the molecule is CCn1c(SCC(=O)Nc2cccc(-c3nnnn3C)c2)nnc1-c1ccco1. The molecule has 0 bridgehead atoms. The van der Waals surface area contributed by atoms with Crippen molar-refractivity contribution in [2.24, 2.45) is 7.05 Å². The zero-order chi connectivity index (χ0) is 20.2. The molecular formula is C18H18N8O2S. The predicted octanol–water partition coefficient (Wildman–Crippen LogP) is 2.48. The zero-order valence-electron chi connectivity index (χ0n) is 15.8. The van der Waals surface area contributed by atoms with Gasteiger partial charge in [0, 0.05) is 24.8 Å². The molecule has 10 nitrogen and oxygen atoms in total. The molecule has 4 rings (SSSR count).